The Bertz CT molecular complexity index is 917. The topological polar surface area (TPSA) is 293 Å². The Morgan fingerprint density at radius 2 is 1.17 bits per heavy atom. The van der Waals surface area contributed by atoms with Crippen LogP contribution in [0.3, 0.4) is 0 Å². The molecule has 21 heteroatoms. The number of ether oxygens (including phenoxy) is 4. The molecular weight excluding hydrogens is 562 g/mol. The summed E-state index contributed by atoms with van der Waals surface area (Å²) in [6.45, 7) is -2.22. The second-order valence-corrected chi connectivity index (χ2v) is 10.7. The normalized spacial score (nSPS) is 41.7. The maximum atomic E-state index is 11.5. The van der Waals surface area contributed by atoms with E-state index in [4.69, 9.17) is 18.9 Å². The molecule has 2 aliphatic rings. The fourth-order valence-corrected chi connectivity index (χ4v) is 5.52. The largest absolute Gasteiger partial charge is 1.00 e. The molecule has 2 heterocycles. The number of hydrogen-bond donors (Lipinski definition) is 7. The van der Waals surface area contributed by atoms with Crippen LogP contribution in [0.4, 0.5) is 0 Å². The summed E-state index contributed by atoms with van der Waals surface area (Å²) in [7, 11) is -9.73. The molecule has 0 radical (unpaired) electrons. The quantitative estimate of drug-likeness (QED) is 0.0971. The summed E-state index contributed by atoms with van der Waals surface area (Å²) in [4.78, 5) is 0. The van der Waals surface area contributed by atoms with Gasteiger partial charge in [-0.25, -0.2) is 16.8 Å². The number of aliphatic hydroxyl groups excluding tert-OH is 7. The molecule has 2 fully saturated rings. The number of rotatable bonds is 9. The molecule has 0 aromatic rings. The van der Waals surface area contributed by atoms with Gasteiger partial charge in [-0.2, -0.15) is 0 Å². The van der Waals surface area contributed by atoms with Gasteiger partial charge in [0.25, 0.3) is 0 Å². The van der Waals surface area contributed by atoms with Crippen LogP contribution in [0.25, 0.3) is 0 Å². The molecule has 2 saturated heterocycles. The van der Waals surface area contributed by atoms with Gasteiger partial charge in [-0.05, 0) is 0 Å². The predicted molar refractivity (Wildman–Crippen MR) is 100 cm³/mol. The summed E-state index contributed by atoms with van der Waals surface area (Å²) in [5.41, 5.74) is 0. The zero-order valence-corrected chi connectivity index (χ0v) is 25.1. The number of aliphatic hydroxyl groups is 7. The molecule has 0 spiro atoms. The molecule has 0 aromatic heterocycles. The minimum Gasteiger partial charge on any atom is -0.748 e. The van der Waals surface area contributed by atoms with E-state index in [0.29, 0.717) is 0 Å². The third-order valence-corrected chi connectivity index (χ3v) is 6.99. The first-order valence-corrected chi connectivity index (χ1v) is 12.7. The molecule has 2 aliphatic heterocycles. The van der Waals surface area contributed by atoms with E-state index in [2.05, 4.69) is 0 Å². The van der Waals surface area contributed by atoms with Crippen molar-refractivity contribution in [3.05, 3.63) is 0 Å². The fraction of sp³-hybridized carbons (Fsp3) is 1.00. The van der Waals surface area contributed by atoms with Crippen molar-refractivity contribution in [3.8, 4) is 0 Å². The van der Waals surface area contributed by atoms with E-state index in [9.17, 15) is 61.7 Å². The van der Waals surface area contributed by atoms with Crippen molar-refractivity contribution in [2.45, 2.75) is 60.4 Å². The fourth-order valence-electron chi connectivity index (χ4n) is 3.87. The molecule has 0 aromatic carbocycles. The van der Waals surface area contributed by atoms with Crippen LogP contribution in [0.1, 0.15) is 0 Å². The number of hydrogen-bond acceptors (Lipinski definition) is 17. The van der Waals surface area contributed by atoms with Crippen LogP contribution in [-0.4, -0.2) is 154 Å². The van der Waals surface area contributed by atoms with Gasteiger partial charge in [0, 0.05) is 7.11 Å². The molecule has 2 rings (SSSR count). The van der Waals surface area contributed by atoms with Crippen molar-refractivity contribution in [3.63, 3.8) is 0 Å². The monoisotopic (exact) mass is 588 g/mol. The third kappa shape index (κ3) is 8.21. The van der Waals surface area contributed by atoms with Gasteiger partial charge in [0.1, 0.15) is 48.8 Å². The van der Waals surface area contributed by atoms with Crippen molar-refractivity contribution >= 4 is 20.2 Å². The van der Waals surface area contributed by atoms with Crippen molar-refractivity contribution in [1.82, 2.24) is 0 Å². The van der Waals surface area contributed by atoms with Crippen molar-refractivity contribution < 1.29 is 140 Å². The van der Waals surface area contributed by atoms with Gasteiger partial charge in [0.2, 0.25) is 11.6 Å². The molecule has 202 valence electrons. The van der Waals surface area contributed by atoms with E-state index in [1.54, 1.807) is 0 Å². The maximum absolute atomic E-state index is 11.5. The summed E-state index contributed by atoms with van der Waals surface area (Å²) in [6.07, 6.45) is -17.3. The number of methoxy groups -OCH3 is 1. The smallest absolute Gasteiger partial charge is 0.748 e. The predicted octanol–water partition coefficient (Wildman–Crippen LogP) is -12.9. The van der Waals surface area contributed by atoms with E-state index in [0.717, 1.165) is 7.11 Å². The SMILES string of the molecule is CO[C@@]1(CS(=O)(=O)[O-])O[C@H](CO)[C@@H](O[C@@]2(CS(=O)(=O)[O-])O[C@H](CO)[C@@H](O)[C@H](O)[C@H]2O)[C@H](O)[C@H]1O.[Na+].[Na+]. The van der Waals surface area contributed by atoms with Gasteiger partial charge >= 0.3 is 59.1 Å². The minimum absolute atomic E-state index is 0. The van der Waals surface area contributed by atoms with E-state index < -0.39 is 105 Å². The van der Waals surface area contributed by atoms with Crippen LogP contribution in [0, 0.1) is 0 Å². The summed E-state index contributed by atoms with van der Waals surface area (Å²) < 4.78 is 88.8. The van der Waals surface area contributed by atoms with Gasteiger partial charge in [0.15, 0.2) is 0 Å². The Labute approximate surface area is 250 Å². The Morgan fingerprint density at radius 1 is 0.750 bits per heavy atom. The van der Waals surface area contributed by atoms with Crippen LogP contribution < -0.4 is 59.1 Å². The summed E-state index contributed by atoms with van der Waals surface area (Å²) >= 11 is 0. The van der Waals surface area contributed by atoms with E-state index in [1.807, 2.05) is 0 Å². The standard InChI is InChI=1S/C15H28O17S2.2Na/c1-29-14(4-33(23,24)25)13(22)10(20)11(7(3-17)31-14)32-15(5-34(26,27)28)12(21)9(19)8(18)6(2-16)30-15;;/h6-13,16-22H,2-5H2,1H3,(H,23,24,25)(H,26,27,28);;/q;2*+1/p-2/t6-,7-,8-,9+,10+,11-,12-,13-,14+,15-;;/m1../s1. The van der Waals surface area contributed by atoms with Gasteiger partial charge < -0.3 is 63.8 Å². The molecule has 0 amide bonds. The Kier molecular flexibility index (Phi) is 14.4. The van der Waals surface area contributed by atoms with E-state index in [1.165, 1.54) is 0 Å². The average Bonchev–Trinajstić information content (AvgIpc) is 2.72. The summed E-state index contributed by atoms with van der Waals surface area (Å²) in [6, 6.07) is 0. The molecule has 10 atom stereocenters. The van der Waals surface area contributed by atoms with Crippen molar-refractivity contribution in [1.29, 1.82) is 0 Å². The Balaban J connectivity index is 0.00000612. The molecule has 0 saturated carbocycles. The molecule has 17 nitrogen and oxygen atoms in total. The molecule has 7 N–H and O–H groups in total. The third-order valence-electron chi connectivity index (χ3n) is 5.48. The first-order chi connectivity index (χ1) is 15.5. The second-order valence-electron chi connectivity index (χ2n) is 7.85. The zero-order chi connectivity index (χ0) is 26.3. The van der Waals surface area contributed by atoms with Crippen LogP contribution in [-0.2, 0) is 39.2 Å². The van der Waals surface area contributed by atoms with Crippen LogP contribution >= 0.6 is 0 Å². The first-order valence-electron chi connectivity index (χ1n) is 9.53. The first kappa shape index (κ1) is 37.4. The van der Waals surface area contributed by atoms with Gasteiger partial charge in [-0.15, -0.1) is 0 Å². The van der Waals surface area contributed by atoms with Gasteiger partial charge in [0.05, 0.1) is 45.0 Å². The van der Waals surface area contributed by atoms with Gasteiger partial charge in [-0.1, -0.05) is 0 Å². The van der Waals surface area contributed by atoms with Crippen LogP contribution in [0.2, 0.25) is 0 Å². The van der Waals surface area contributed by atoms with E-state index >= 15 is 0 Å². The van der Waals surface area contributed by atoms with Crippen LogP contribution in [0.15, 0.2) is 0 Å². The molecule has 36 heavy (non-hydrogen) atoms. The second kappa shape index (κ2) is 13.8. The molecule has 0 aliphatic carbocycles. The average molecular weight is 588 g/mol. The summed E-state index contributed by atoms with van der Waals surface area (Å²) in [5.74, 6) is -9.12. The molecule has 0 bridgehead atoms. The van der Waals surface area contributed by atoms with E-state index in [-0.39, 0.29) is 59.1 Å². The molecular formula is C15H26Na2O17S2. The maximum Gasteiger partial charge on any atom is 1.00 e. The Hall–Kier alpha value is 1.38. The Morgan fingerprint density at radius 3 is 1.58 bits per heavy atom. The van der Waals surface area contributed by atoms with Gasteiger partial charge in [-0.3, -0.25) is 0 Å². The minimum atomic E-state index is -5.37. The molecule has 0 unspecified atom stereocenters. The van der Waals surface area contributed by atoms with Crippen molar-refractivity contribution in [2.75, 3.05) is 31.8 Å². The van der Waals surface area contributed by atoms with Crippen molar-refractivity contribution in [2.24, 2.45) is 0 Å². The van der Waals surface area contributed by atoms with Crippen LogP contribution in [0.5, 0.6) is 0 Å². The zero-order valence-electron chi connectivity index (χ0n) is 19.5. The summed E-state index contributed by atoms with van der Waals surface area (Å²) in [5, 5.41) is 70.6.